The molecule has 1 saturated heterocycles. The van der Waals surface area contributed by atoms with Gasteiger partial charge in [-0.25, -0.2) is 13.6 Å². The summed E-state index contributed by atoms with van der Waals surface area (Å²) in [6.45, 7) is 2.47. The first-order valence-corrected chi connectivity index (χ1v) is 6.99. The smallest absolute Gasteiger partial charge is 0.223 e. The van der Waals surface area contributed by atoms with Crippen LogP contribution in [0.1, 0.15) is 19.8 Å². The Bertz CT molecular complexity index is 355. The van der Waals surface area contributed by atoms with Crippen molar-refractivity contribution >= 4 is 15.9 Å². The topological polar surface area (TPSA) is 101 Å². The first-order valence-electron chi connectivity index (χ1n) is 5.28. The van der Waals surface area contributed by atoms with Crippen LogP contribution in [0, 0.1) is 5.92 Å². The molecule has 0 saturated carbocycles. The van der Waals surface area contributed by atoms with Crippen LogP contribution in [0.4, 0.5) is 0 Å². The largest absolute Gasteiger partial charge is 0.391 e. The number of hydrogen-bond donors (Lipinski definition) is 2. The third kappa shape index (κ3) is 4.07. The van der Waals surface area contributed by atoms with Gasteiger partial charge in [-0.15, -0.1) is 0 Å². The number of β-amino-alcohol motifs (C(OH)–C–C–N with tert-alkyl or cyclic N) is 1. The molecule has 1 amide bonds. The summed E-state index contributed by atoms with van der Waals surface area (Å²) in [7, 11) is -3.53. The molecule has 1 fully saturated rings. The number of carbonyl (C=O) groups excluding carboxylic acids is 1. The monoisotopic (exact) mass is 250 g/mol. The SMILES string of the molecule is CCC(O)CN1CC(CS(N)(=O)=O)CC1=O. The number of hydrogen-bond acceptors (Lipinski definition) is 4. The molecule has 3 N–H and O–H groups in total. The molecule has 94 valence electrons. The molecule has 0 aliphatic carbocycles. The lowest BCUT2D eigenvalue weighted by atomic mass is 10.1. The van der Waals surface area contributed by atoms with Crippen molar-refractivity contribution in [2.24, 2.45) is 11.1 Å². The summed E-state index contributed by atoms with van der Waals surface area (Å²) in [6, 6.07) is 0. The maximum atomic E-state index is 11.5. The Balaban J connectivity index is 2.51. The predicted molar refractivity (Wildman–Crippen MR) is 59.0 cm³/mol. The standard InChI is InChI=1S/C9H18N2O4S/c1-2-8(12)5-11-4-7(3-9(11)13)6-16(10,14)15/h7-8,12H,2-6H2,1H3,(H2,10,14,15). The van der Waals surface area contributed by atoms with Crippen LogP contribution < -0.4 is 5.14 Å². The highest BCUT2D eigenvalue weighted by Crippen LogP contribution is 2.19. The van der Waals surface area contributed by atoms with Crippen molar-refractivity contribution in [1.82, 2.24) is 4.90 Å². The number of carbonyl (C=O) groups is 1. The molecule has 16 heavy (non-hydrogen) atoms. The quantitative estimate of drug-likeness (QED) is 0.646. The normalized spacial score (nSPS) is 23.8. The molecule has 0 spiro atoms. The molecule has 0 aromatic rings. The summed E-state index contributed by atoms with van der Waals surface area (Å²) < 4.78 is 21.8. The van der Waals surface area contributed by atoms with E-state index in [-0.39, 0.29) is 30.5 Å². The van der Waals surface area contributed by atoms with Crippen molar-refractivity contribution in [3.63, 3.8) is 0 Å². The maximum absolute atomic E-state index is 11.5. The summed E-state index contributed by atoms with van der Waals surface area (Å²) in [5.41, 5.74) is 0. The van der Waals surface area contributed by atoms with Gasteiger partial charge in [-0.2, -0.15) is 0 Å². The number of sulfonamides is 1. The summed E-state index contributed by atoms with van der Waals surface area (Å²) in [6.07, 6.45) is 0.230. The van der Waals surface area contributed by atoms with E-state index in [4.69, 9.17) is 5.14 Å². The maximum Gasteiger partial charge on any atom is 0.223 e. The molecule has 6 nitrogen and oxygen atoms in total. The van der Waals surface area contributed by atoms with Crippen molar-refractivity contribution in [2.45, 2.75) is 25.9 Å². The van der Waals surface area contributed by atoms with Crippen molar-refractivity contribution in [3.8, 4) is 0 Å². The molecule has 1 heterocycles. The van der Waals surface area contributed by atoms with Crippen LogP contribution in [0.25, 0.3) is 0 Å². The second-order valence-electron chi connectivity index (χ2n) is 4.26. The molecule has 1 rings (SSSR count). The minimum absolute atomic E-state index is 0.110. The van der Waals surface area contributed by atoms with Crippen LogP contribution in [0.2, 0.25) is 0 Å². The third-order valence-electron chi connectivity index (χ3n) is 2.66. The molecule has 2 unspecified atom stereocenters. The molecular weight excluding hydrogens is 232 g/mol. The van der Waals surface area contributed by atoms with Crippen molar-refractivity contribution < 1.29 is 18.3 Å². The number of amides is 1. The highest BCUT2D eigenvalue weighted by atomic mass is 32.2. The highest BCUT2D eigenvalue weighted by Gasteiger charge is 2.32. The van der Waals surface area contributed by atoms with Crippen LogP contribution in [0.15, 0.2) is 0 Å². The van der Waals surface area contributed by atoms with Gasteiger partial charge in [-0.05, 0) is 6.42 Å². The molecule has 2 atom stereocenters. The van der Waals surface area contributed by atoms with E-state index in [1.165, 1.54) is 4.90 Å². The zero-order valence-corrected chi connectivity index (χ0v) is 10.1. The van der Waals surface area contributed by atoms with Gasteiger partial charge in [0.2, 0.25) is 15.9 Å². The highest BCUT2D eigenvalue weighted by molar-refractivity contribution is 7.89. The van der Waals surface area contributed by atoms with Gasteiger partial charge in [0.25, 0.3) is 0 Å². The van der Waals surface area contributed by atoms with E-state index in [9.17, 15) is 18.3 Å². The molecule has 0 aromatic carbocycles. The number of nitrogens with zero attached hydrogens (tertiary/aromatic N) is 1. The number of aliphatic hydroxyl groups excluding tert-OH is 1. The van der Waals surface area contributed by atoms with E-state index < -0.39 is 16.1 Å². The average molecular weight is 250 g/mol. The van der Waals surface area contributed by atoms with Gasteiger partial charge in [0.1, 0.15) is 0 Å². The molecular formula is C9H18N2O4S. The van der Waals surface area contributed by atoms with Crippen LogP contribution in [0.5, 0.6) is 0 Å². The van der Waals surface area contributed by atoms with E-state index in [1.807, 2.05) is 6.92 Å². The summed E-state index contributed by atoms with van der Waals surface area (Å²) >= 11 is 0. The minimum Gasteiger partial charge on any atom is -0.391 e. The Morgan fingerprint density at radius 2 is 2.25 bits per heavy atom. The number of primary sulfonamides is 1. The molecule has 1 aliphatic rings. The van der Waals surface area contributed by atoms with Gasteiger partial charge < -0.3 is 10.0 Å². The zero-order chi connectivity index (χ0) is 12.3. The Morgan fingerprint density at radius 1 is 1.62 bits per heavy atom. The van der Waals surface area contributed by atoms with Gasteiger partial charge >= 0.3 is 0 Å². The van der Waals surface area contributed by atoms with Gasteiger partial charge in [0.15, 0.2) is 0 Å². The lowest BCUT2D eigenvalue weighted by molar-refractivity contribution is -0.128. The van der Waals surface area contributed by atoms with E-state index in [0.29, 0.717) is 13.0 Å². The number of nitrogens with two attached hydrogens (primary N) is 1. The zero-order valence-electron chi connectivity index (χ0n) is 9.30. The summed E-state index contributed by atoms with van der Waals surface area (Å²) in [5.74, 6) is -0.523. The fourth-order valence-corrected chi connectivity index (χ4v) is 2.73. The molecule has 0 radical (unpaired) electrons. The Hall–Kier alpha value is -0.660. The van der Waals surface area contributed by atoms with Crippen molar-refractivity contribution in [3.05, 3.63) is 0 Å². The van der Waals surface area contributed by atoms with Crippen molar-refractivity contribution in [2.75, 3.05) is 18.8 Å². The Morgan fingerprint density at radius 3 is 2.75 bits per heavy atom. The first-order chi connectivity index (χ1) is 7.31. The lowest BCUT2D eigenvalue weighted by Gasteiger charge is -2.19. The van der Waals surface area contributed by atoms with E-state index in [0.717, 1.165) is 0 Å². The van der Waals surface area contributed by atoms with E-state index >= 15 is 0 Å². The Kier molecular flexibility index (Phi) is 4.28. The van der Waals surface area contributed by atoms with Crippen molar-refractivity contribution in [1.29, 1.82) is 0 Å². The summed E-state index contributed by atoms with van der Waals surface area (Å²) in [5, 5.41) is 14.3. The van der Waals surface area contributed by atoms with Crippen LogP contribution in [-0.2, 0) is 14.8 Å². The second-order valence-corrected chi connectivity index (χ2v) is 5.92. The van der Waals surface area contributed by atoms with Crippen LogP contribution in [-0.4, -0.2) is 49.3 Å². The lowest BCUT2D eigenvalue weighted by Crippen LogP contribution is -2.34. The number of aliphatic hydroxyl groups is 1. The van der Waals surface area contributed by atoms with Crippen LogP contribution >= 0.6 is 0 Å². The number of likely N-dealkylation sites (tertiary alicyclic amines) is 1. The van der Waals surface area contributed by atoms with Gasteiger partial charge in [-0.1, -0.05) is 6.92 Å². The fraction of sp³-hybridized carbons (Fsp3) is 0.889. The van der Waals surface area contributed by atoms with Crippen LogP contribution in [0.3, 0.4) is 0 Å². The fourth-order valence-electron chi connectivity index (χ4n) is 1.85. The average Bonchev–Trinajstić information content (AvgIpc) is 2.43. The molecule has 7 heteroatoms. The first kappa shape index (κ1) is 13.4. The number of rotatable bonds is 5. The van der Waals surface area contributed by atoms with E-state index in [2.05, 4.69) is 0 Å². The predicted octanol–water partition coefficient (Wildman–Crippen LogP) is -1.11. The molecule has 0 bridgehead atoms. The summed E-state index contributed by atoms with van der Waals surface area (Å²) in [4.78, 5) is 13.0. The third-order valence-corrected chi connectivity index (χ3v) is 3.60. The molecule has 0 aromatic heterocycles. The van der Waals surface area contributed by atoms with Gasteiger partial charge in [0.05, 0.1) is 11.9 Å². The molecule has 1 aliphatic heterocycles. The van der Waals surface area contributed by atoms with Gasteiger partial charge in [-0.3, -0.25) is 4.79 Å². The second kappa shape index (κ2) is 5.11. The minimum atomic E-state index is -3.53. The van der Waals surface area contributed by atoms with E-state index in [1.54, 1.807) is 0 Å². The Labute approximate surface area is 95.5 Å². The van der Waals surface area contributed by atoms with Gasteiger partial charge in [0, 0.05) is 25.4 Å².